The Balaban J connectivity index is 2.06. The van der Waals surface area contributed by atoms with E-state index in [-0.39, 0.29) is 19.3 Å². The number of aromatic amines is 1. The first-order valence-electron chi connectivity index (χ1n) is 14.3. The number of hydrogen-bond acceptors (Lipinski definition) is 7. The number of ether oxygens (including phenoxy) is 2. The average molecular weight is 574 g/mol. The van der Waals surface area contributed by atoms with Crippen LogP contribution in [0.15, 0.2) is 46.1 Å². The van der Waals surface area contributed by atoms with E-state index >= 15 is 0 Å². The molecule has 0 bridgehead atoms. The number of aromatic nitrogens is 2. The van der Waals surface area contributed by atoms with Crippen LogP contribution in [0, 0.1) is 6.92 Å². The van der Waals surface area contributed by atoms with E-state index in [1.165, 1.54) is 10.8 Å². The molecule has 1 aliphatic heterocycles. The Kier molecular flexibility index (Phi) is 10.4. The first kappa shape index (κ1) is 32.0. The van der Waals surface area contributed by atoms with E-state index < -0.39 is 37.4 Å². The molecule has 1 N–H and O–H groups in total. The lowest BCUT2D eigenvalue weighted by atomic mass is 10.0. The number of morpholine rings is 1. The SMILES string of the molecule is Cc1cn([C@H]2CN(C(C)C)C[C@](COC(=O)c3ccccc3)(CO[Si](C(C)C)(C(C)C)C(C)C)O2)c(=O)[nH]c1=O. The van der Waals surface area contributed by atoms with Gasteiger partial charge in [0.05, 0.1) is 12.2 Å². The summed E-state index contributed by atoms with van der Waals surface area (Å²) in [6, 6.07) is 8.99. The van der Waals surface area contributed by atoms with Gasteiger partial charge in [0, 0.05) is 30.9 Å². The molecule has 2 atom stereocenters. The van der Waals surface area contributed by atoms with Gasteiger partial charge in [-0.1, -0.05) is 59.7 Å². The van der Waals surface area contributed by atoms with Crippen molar-refractivity contribution in [2.24, 2.45) is 0 Å². The zero-order valence-corrected chi connectivity index (χ0v) is 26.5. The molecule has 1 fully saturated rings. The summed E-state index contributed by atoms with van der Waals surface area (Å²) >= 11 is 0. The highest BCUT2D eigenvalue weighted by molar-refractivity contribution is 6.77. The predicted molar refractivity (Wildman–Crippen MR) is 159 cm³/mol. The molecule has 1 aromatic heterocycles. The molecule has 0 aliphatic carbocycles. The molecule has 10 heteroatoms. The summed E-state index contributed by atoms with van der Waals surface area (Å²) in [6.45, 7) is 20.2. The third-order valence-corrected chi connectivity index (χ3v) is 14.3. The highest BCUT2D eigenvalue weighted by Gasteiger charge is 2.50. The quantitative estimate of drug-likeness (QED) is 0.302. The second kappa shape index (κ2) is 13.0. The second-order valence-electron chi connectivity index (χ2n) is 12.3. The summed E-state index contributed by atoms with van der Waals surface area (Å²) in [5.74, 6) is -0.445. The Morgan fingerprint density at radius 1 is 1.02 bits per heavy atom. The van der Waals surface area contributed by atoms with E-state index in [4.69, 9.17) is 13.9 Å². The Labute approximate surface area is 239 Å². The Morgan fingerprint density at radius 3 is 2.17 bits per heavy atom. The number of H-pyrrole nitrogens is 1. The minimum atomic E-state index is -2.31. The molecule has 3 rings (SSSR count). The van der Waals surface area contributed by atoms with Gasteiger partial charge in [0.15, 0.2) is 14.5 Å². The third-order valence-electron chi connectivity index (χ3n) is 8.22. The van der Waals surface area contributed by atoms with E-state index in [0.29, 0.717) is 40.8 Å². The maximum Gasteiger partial charge on any atom is 0.338 e. The maximum absolute atomic E-state index is 13.0. The standard InChI is InChI=1S/C30H47N3O6Si/c1-20(2)32-16-26(33-15-24(9)27(34)31-29(33)36)39-30(17-32,18-37-28(35)25-13-11-10-12-14-25)19-38-40(21(3)4,22(5)6)23(7)8/h10-15,20-23,26H,16-19H2,1-9H3,(H,31,34,36)/t26-,30+/m1/s1. The van der Waals surface area contributed by atoms with E-state index in [9.17, 15) is 14.4 Å². The fourth-order valence-electron chi connectivity index (χ4n) is 6.15. The summed E-state index contributed by atoms with van der Waals surface area (Å²) in [5, 5.41) is 0. The molecule has 1 saturated heterocycles. The number of nitrogens with one attached hydrogen (secondary N) is 1. The van der Waals surface area contributed by atoms with E-state index in [1.807, 2.05) is 6.07 Å². The van der Waals surface area contributed by atoms with E-state index in [0.717, 1.165) is 0 Å². The molecular weight excluding hydrogens is 526 g/mol. The molecular formula is C30H47N3O6Si. The second-order valence-corrected chi connectivity index (χ2v) is 17.8. The van der Waals surface area contributed by atoms with Gasteiger partial charge in [-0.25, -0.2) is 9.59 Å². The Morgan fingerprint density at radius 2 is 1.62 bits per heavy atom. The smallest absolute Gasteiger partial charge is 0.338 e. The molecule has 1 aliphatic rings. The minimum Gasteiger partial charge on any atom is -0.459 e. The van der Waals surface area contributed by atoms with Crippen LogP contribution in [0.1, 0.15) is 77.5 Å². The molecule has 2 heterocycles. The first-order chi connectivity index (χ1) is 18.7. The third kappa shape index (κ3) is 6.84. The van der Waals surface area contributed by atoms with Gasteiger partial charge in [0.1, 0.15) is 12.2 Å². The predicted octanol–water partition coefficient (Wildman–Crippen LogP) is 4.87. The average Bonchev–Trinajstić information content (AvgIpc) is 2.89. The van der Waals surface area contributed by atoms with Crippen LogP contribution in [-0.2, 0) is 13.9 Å². The molecule has 0 spiro atoms. The number of carbonyl (C=O) groups excluding carboxylic acids is 1. The van der Waals surface area contributed by atoms with Crippen LogP contribution in [0.4, 0.5) is 0 Å². The number of benzene rings is 1. The summed E-state index contributed by atoms with van der Waals surface area (Å²) < 4.78 is 21.1. The molecule has 2 aromatic rings. The number of esters is 1. The number of rotatable bonds is 11. The van der Waals surface area contributed by atoms with E-state index in [1.54, 1.807) is 31.2 Å². The van der Waals surface area contributed by atoms with Crippen LogP contribution in [0.5, 0.6) is 0 Å². The molecule has 0 radical (unpaired) electrons. The molecule has 222 valence electrons. The van der Waals surface area contributed by atoms with E-state index in [2.05, 4.69) is 65.3 Å². The fraction of sp³-hybridized carbons (Fsp3) is 0.633. The van der Waals surface area contributed by atoms with Crippen LogP contribution in [-0.4, -0.2) is 66.7 Å². The van der Waals surface area contributed by atoms with Crippen molar-refractivity contribution in [3.63, 3.8) is 0 Å². The summed E-state index contributed by atoms with van der Waals surface area (Å²) in [7, 11) is -2.31. The van der Waals surface area contributed by atoms with Gasteiger partial charge in [-0.05, 0) is 49.5 Å². The minimum absolute atomic E-state index is 0.0453. The van der Waals surface area contributed by atoms with Crippen molar-refractivity contribution in [3.05, 3.63) is 68.5 Å². The molecule has 0 saturated carbocycles. The molecule has 0 amide bonds. The largest absolute Gasteiger partial charge is 0.459 e. The first-order valence-corrected chi connectivity index (χ1v) is 16.5. The van der Waals surface area contributed by atoms with Gasteiger partial charge in [0.25, 0.3) is 5.56 Å². The lowest BCUT2D eigenvalue weighted by molar-refractivity contribution is -0.217. The van der Waals surface area contributed by atoms with Crippen LogP contribution in [0.3, 0.4) is 0 Å². The van der Waals surface area contributed by atoms with Crippen molar-refractivity contribution in [1.29, 1.82) is 0 Å². The van der Waals surface area contributed by atoms with Crippen molar-refractivity contribution < 1.29 is 18.7 Å². The Bertz CT molecular complexity index is 1230. The number of hydrogen-bond donors (Lipinski definition) is 1. The monoisotopic (exact) mass is 573 g/mol. The van der Waals surface area contributed by atoms with Crippen molar-refractivity contribution in [1.82, 2.24) is 14.5 Å². The number of carbonyl (C=O) groups is 1. The summed E-state index contributed by atoms with van der Waals surface area (Å²) in [4.78, 5) is 42.7. The van der Waals surface area contributed by atoms with Crippen molar-refractivity contribution in [2.45, 2.75) is 96.8 Å². The summed E-state index contributed by atoms with van der Waals surface area (Å²) in [6.07, 6.45) is 0.818. The van der Waals surface area contributed by atoms with Crippen LogP contribution in [0.25, 0.3) is 0 Å². The highest BCUT2D eigenvalue weighted by atomic mass is 28.4. The lowest BCUT2D eigenvalue weighted by Gasteiger charge is -2.50. The van der Waals surface area contributed by atoms with Crippen LogP contribution >= 0.6 is 0 Å². The highest BCUT2D eigenvalue weighted by Crippen LogP contribution is 2.43. The number of aryl methyl sites for hydroxylation is 1. The van der Waals surface area contributed by atoms with Crippen molar-refractivity contribution >= 4 is 14.3 Å². The molecule has 9 nitrogen and oxygen atoms in total. The fourth-order valence-corrected chi connectivity index (χ4v) is 11.7. The zero-order chi connectivity index (χ0) is 29.8. The van der Waals surface area contributed by atoms with Gasteiger partial charge >= 0.3 is 11.7 Å². The van der Waals surface area contributed by atoms with Gasteiger partial charge < -0.3 is 13.9 Å². The molecule has 1 aromatic carbocycles. The van der Waals surface area contributed by atoms with Gasteiger partial charge in [-0.3, -0.25) is 19.2 Å². The van der Waals surface area contributed by atoms with Gasteiger partial charge in [0.2, 0.25) is 0 Å². The normalized spacial score (nSPS) is 20.6. The molecule has 0 unspecified atom stereocenters. The van der Waals surface area contributed by atoms with Crippen LogP contribution < -0.4 is 11.2 Å². The van der Waals surface area contributed by atoms with Gasteiger partial charge in [-0.2, -0.15) is 0 Å². The summed E-state index contributed by atoms with van der Waals surface area (Å²) in [5.41, 5.74) is -0.104. The number of nitrogens with zero attached hydrogens (tertiary/aromatic N) is 2. The zero-order valence-electron chi connectivity index (χ0n) is 25.5. The molecule has 40 heavy (non-hydrogen) atoms. The van der Waals surface area contributed by atoms with Crippen molar-refractivity contribution in [3.8, 4) is 0 Å². The maximum atomic E-state index is 13.0. The van der Waals surface area contributed by atoms with Crippen molar-refractivity contribution in [2.75, 3.05) is 26.3 Å². The van der Waals surface area contributed by atoms with Crippen LogP contribution in [0.2, 0.25) is 16.6 Å². The Hall–Kier alpha value is -2.53. The lowest BCUT2D eigenvalue weighted by Crippen LogP contribution is -2.63. The topological polar surface area (TPSA) is 103 Å². The van der Waals surface area contributed by atoms with Gasteiger partial charge in [-0.15, -0.1) is 0 Å².